The van der Waals surface area contributed by atoms with Gasteiger partial charge in [-0.2, -0.15) is 0 Å². The van der Waals surface area contributed by atoms with Gasteiger partial charge in [0.05, 0.1) is 12.2 Å². The molecule has 176 valence electrons. The van der Waals surface area contributed by atoms with Crippen molar-refractivity contribution < 1.29 is 19.7 Å². The highest BCUT2D eigenvalue weighted by Gasteiger charge is 2.70. The molecule has 0 aromatic rings. The Morgan fingerprint density at radius 1 is 0.871 bits per heavy atom. The first-order valence-corrected chi connectivity index (χ1v) is 13.4. The number of aliphatic hydroxyl groups is 2. The minimum atomic E-state index is -1.10. The molecule has 0 bridgehead atoms. The van der Waals surface area contributed by atoms with Crippen molar-refractivity contribution in [2.75, 3.05) is 6.61 Å². The number of hydrogen-bond acceptors (Lipinski definition) is 4. The molecular weight excluding hydrogens is 388 g/mol. The molecule has 4 nitrogen and oxygen atoms in total. The molecule has 0 unspecified atom stereocenters. The van der Waals surface area contributed by atoms with Gasteiger partial charge in [-0.15, -0.1) is 0 Å². The fraction of sp³-hybridized carbons (Fsp3) is 1.00. The molecule has 4 heteroatoms. The van der Waals surface area contributed by atoms with Crippen molar-refractivity contribution >= 4 is 0 Å². The highest BCUT2D eigenvalue weighted by atomic mass is 16.7. The molecule has 13 atom stereocenters. The maximum Gasteiger partial charge on any atom is 0.195 e. The lowest BCUT2D eigenvalue weighted by molar-refractivity contribution is -0.267. The zero-order valence-corrected chi connectivity index (χ0v) is 20.1. The Balaban J connectivity index is 1.26. The van der Waals surface area contributed by atoms with Crippen molar-refractivity contribution in [1.29, 1.82) is 0 Å². The largest absolute Gasteiger partial charge is 0.393 e. The average molecular weight is 433 g/mol. The molecule has 6 rings (SSSR count). The molecule has 2 aliphatic heterocycles. The van der Waals surface area contributed by atoms with Gasteiger partial charge in [-0.3, -0.25) is 0 Å². The van der Waals surface area contributed by atoms with Gasteiger partial charge in [-0.1, -0.05) is 27.7 Å². The molecule has 31 heavy (non-hydrogen) atoms. The van der Waals surface area contributed by atoms with Crippen LogP contribution in [0.4, 0.5) is 0 Å². The lowest BCUT2D eigenvalue weighted by atomic mass is 9.44. The lowest BCUT2D eigenvalue weighted by Crippen LogP contribution is -2.55. The summed E-state index contributed by atoms with van der Waals surface area (Å²) >= 11 is 0. The Hall–Kier alpha value is -0.160. The summed E-state index contributed by atoms with van der Waals surface area (Å²) in [5.41, 5.74) is 0.694. The fourth-order valence-electron chi connectivity index (χ4n) is 10.3. The van der Waals surface area contributed by atoms with Crippen LogP contribution in [0.2, 0.25) is 0 Å². The van der Waals surface area contributed by atoms with Crippen LogP contribution >= 0.6 is 0 Å². The molecule has 4 aliphatic carbocycles. The number of rotatable bonds is 1. The van der Waals surface area contributed by atoms with Gasteiger partial charge in [0, 0.05) is 12.5 Å². The molecule has 2 heterocycles. The molecule has 6 aliphatic rings. The SMILES string of the molecule is C[C@@H]1CO[C@H]([C@@]2(O)O[C@H]3C[C@H]4[C@@H]5CC[C@@H]6C[C@@H](O)CC[C@]6(C)[C@H]5CC[C@]4(C)[C@H]3[C@@H]2C)C1. The lowest BCUT2D eigenvalue weighted by Gasteiger charge is -2.61. The van der Waals surface area contributed by atoms with E-state index in [2.05, 4.69) is 27.7 Å². The number of fused-ring (bicyclic) bond motifs is 7. The predicted molar refractivity (Wildman–Crippen MR) is 119 cm³/mol. The van der Waals surface area contributed by atoms with E-state index in [1.54, 1.807) is 0 Å². The third-order valence-corrected chi connectivity index (χ3v) is 11.9. The van der Waals surface area contributed by atoms with Crippen molar-refractivity contribution in [2.24, 2.45) is 52.3 Å². The van der Waals surface area contributed by atoms with E-state index in [4.69, 9.17) is 9.47 Å². The summed E-state index contributed by atoms with van der Waals surface area (Å²) in [5.74, 6) is 3.03. The van der Waals surface area contributed by atoms with Gasteiger partial charge >= 0.3 is 0 Å². The highest BCUT2D eigenvalue weighted by Crippen LogP contribution is 2.71. The number of aliphatic hydroxyl groups excluding tert-OH is 1. The second-order valence-electron chi connectivity index (χ2n) is 13.3. The van der Waals surface area contributed by atoms with Crippen LogP contribution in [-0.4, -0.2) is 40.9 Å². The third kappa shape index (κ3) is 2.80. The van der Waals surface area contributed by atoms with Crippen molar-refractivity contribution in [3.05, 3.63) is 0 Å². The minimum Gasteiger partial charge on any atom is -0.393 e. The normalized spacial score (nSPS) is 63.3. The van der Waals surface area contributed by atoms with Gasteiger partial charge in [0.25, 0.3) is 0 Å². The summed E-state index contributed by atoms with van der Waals surface area (Å²) in [6, 6.07) is 0. The van der Waals surface area contributed by atoms with Crippen molar-refractivity contribution in [2.45, 2.75) is 110 Å². The van der Waals surface area contributed by atoms with E-state index in [9.17, 15) is 10.2 Å². The van der Waals surface area contributed by atoms with Crippen LogP contribution in [0.1, 0.15) is 85.5 Å². The quantitative estimate of drug-likeness (QED) is 0.627. The molecule has 0 aromatic heterocycles. The highest BCUT2D eigenvalue weighted by molar-refractivity contribution is 5.15. The second-order valence-corrected chi connectivity index (χ2v) is 13.3. The van der Waals surface area contributed by atoms with E-state index in [0.29, 0.717) is 23.2 Å². The van der Waals surface area contributed by atoms with Gasteiger partial charge in [-0.25, -0.2) is 0 Å². The molecule has 0 spiro atoms. The Kier molecular flexibility index (Phi) is 4.78. The zero-order chi connectivity index (χ0) is 21.8. The molecular formula is C27H44O4. The van der Waals surface area contributed by atoms with Gasteiger partial charge < -0.3 is 19.7 Å². The van der Waals surface area contributed by atoms with Crippen LogP contribution in [-0.2, 0) is 9.47 Å². The monoisotopic (exact) mass is 432 g/mol. The first-order valence-electron chi connectivity index (χ1n) is 13.4. The summed E-state index contributed by atoms with van der Waals surface area (Å²) in [4.78, 5) is 0. The van der Waals surface area contributed by atoms with E-state index < -0.39 is 5.79 Å². The van der Waals surface area contributed by atoms with Crippen LogP contribution in [0, 0.1) is 52.3 Å². The van der Waals surface area contributed by atoms with Gasteiger partial charge in [-0.05, 0) is 104 Å². The molecule has 0 radical (unpaired) electrons. The molecule has 6 fully saturated rings. The van der Waals surface area contributed by atoms with E-state index in [1.807, 2.05) is 0 Å². The van der Waals surface area contributed by atoms with Gasteiger partial charge in [0.1, 0.15) is 6.10 Å². The van der Waals surface area contributed by atoms with Crippen molar-refractivity contribution in [1.82, 2.24) is 0 Å². The Labute approximate surface area is 188 Å². The van der Waals surface area contributed by atoms with E-state index in [1.165, 1.54) is 32.1 Å². The van der Waals surface area contributed by atoms with Gasteiger partial charge in [0.15, 0.2) is 5.79 Å². The van der Waals surface area contributed by atoms with E-state index in [0.717, 1.165) is 50.0 Å². The molecule has 0 amide bonds. The van der Waals surface area contributed by atoms with Crippen molar-refractivity contribution in [3.63, 3.8) is 0 Å². The Bertz CT molecular complexity index is 726. The summed E-state index contributed by atoms with van der Waals surface area (Å²) in [6.07, 6.45) is 10.5. The molecule has 2 N–H and O–H groups in total. The summed E-state index contributed by atoms with van der Waals surface area (Å²) in [6.45, 7) is 10.3. The second kappa shape index (κ2) is 6.93. The molecule has 2 saturated heterocycles. The first-order chi connectivity index (χ1) is 14.7. The minimum absolute atomic E-state index is 0.0678. The summed E-state index contributed by atoms with van der Waals surface area (Å²) in [5, 5.41) is 22.0. The van der Waals surface area contributed by atoms with E-state index >= 15 is 0 Å². The Morgan fingerprint density at radius 2 is 1.65 bits per heavy atom. The van der Waals surface area contributed by atoms with E-state index in [-0.39, 0.29) is 29.6 Å². The van der Waals surface area contributed by atoms with Gasteiger partial charge in [0.2, 0.25) is 0 Å². The van der Waals surface area contributed by atoms with Crippen LogP contribution in [0.5, 0.6) is 0 Å². The Morgan fingerprint density at radius 3 is 2.39 bits per heavy atom. The maximum absolute atomic E-state index is 11.7. The standard InChI is InChI=1S/C27H44O4/c1-15-11-23(30-14-15)27(29)16(2)24-22(31-27)13-21-19-6-5-17-12-18(28)7-9-25(17,3)20(19)8-10-26(21,24)4/h15-24,28-29H,5-14H2,1-4H3/t15-,16-,17+,18-,19+,20-,21-,22-,23-,24-,25-,26-,27-/m0/s1. The number of hydrogen-bond donors (Lipinski definition) is 2. The predicted octanol–water partition coefficient (Wildman–Crippen LogP) is 4.76. The topological polar surface area (TPSA) is 58.9 Å². The van der Waals surface area contributed by atoms with Crippen LogP contribution in [0.25, 0.3) is 0 Å². The average Bonchev–Trinajstić information content (AvgIpc) is 3.36. The summed E-state index contributed by atoms with van der Waals surface area (Å²) in [7, 11) is 0. The fourth-order valence-corrected chi connectivity index (χ4v) is 10.3. The van der Waals surface area contributed by atoms with Crippen LogP contribution in [0.15, 0.2) is 0 Å². The summed E-state index contributed by atoms with van der Waals surface area (Å²) < 4.78 is 12.6. The van der Waals surface area contributed by atoms with Crippen LogP contribution in [0.3, 0.4) is 0 Å². The molecule has 4 saturated carbocycles. The zero-order valence-electron chi connectivity index (χ0n) is 20.1. The van der Waals surface area contributed by atoms with Crippen LogP contribution < -0.4 is 0 Å². The molecule has 0 aromatic carbocycles. The van der Waals surface area contributed by atoms with Crippen molar-refractivity contribution in [3.8, 4) is 0 Å². The smallest absolute Gasteiger partial charge is 0.195 e. The maximum atomic E-state index is 11.7. The third-order valence-electron chi connectivity index (χ3n) is 11.9. The number of ether oxygens (including phenoxy) is 2. The first kappa shape index (κ1) is 21.4.